The zero-order valence-electron chi connectivity index (χ0n) is 11.6. The number of hydrogen-bond donors (Lipinski definition) is 2. The highest BCUT2D eigenvalue weighted by Crippen LogP contribution is 2.11. The predicted molar refractivity (Wildman–Crippen MR) is 75.1 cm³/mol. The molecule has 4 heteroatoms. The highest BCUT2D eigenvalue weighted by molar-refractivity contribution is 5.96. The zero-order valence-corrected chi connectivity index (χ0v) is 11.6. The molecule has 0 saturated heterocycles. The van der Waals surface area contributed by atoms with Gasteiger partial charge in [-0.3, -0.25) is 9.89 Å². The Kier molecular flexibility index (Phi) is 4.00. The molecular formula is C15H19N3O. The minimum absolute atomic E-state index is 0.0744. The van der Waals surface area contributed by atoms with E-state index in [2.05, 4.69) is 28.5 Å². The number of aromatic nitrogens is 2. The van der Waals surface area contributed by atoms with Crippen molar-refractivity contribution in [2.24, 2.45) is 0 Å². The first-order chi connectivity index (χ1) is 9.13. The molecule has 0 saturated carbocycles. The van der Waals surface area contributed by atoms with Crippen molar-refractivity contribution < 1.29 is 4.79 Å². The van der Waals surface area contributed by atoms with Gasteiger partial charge in [-0.05, 0) is 31.4 Å². The number of carbonyl (C=O) groups excluding carboxylic acids is 1. The summed E-state index contributed by atoms with van der Waals surface area (Å²) in [6.45, 7) is 6.35. The standard InChI is InChI=1S/C15H19N3O/c1-4-12-7-5-6-8-13(12)9-16-15(19)14-10(2)17-18-11(14)3/h5-8H,4,9H2,1-3H3,(H,16,19)(H,17,18). The molecule has 1 amide bonds. The van der Waals surface area contributed by atoms with Gasteiger partial charge in [-0.25, -0.2) is 0 Å². The fourth-order valence-electron chi connectivity index (χ4n) is 2.22. The molecule has 0 spiro atoms. The van der Waals surface area contributed by atoms with Crippen LogP contribution < -0.4 is 5.32 Å². The third kappa shape index (κ3) is 2.84. The van der Waals surface area contributed by atoms with E-state index in [1.165, 1.54) is 5.56 Å². The third-order valence-electron chi connectivity index (χ3n) is 3.29. The minimum Gasteiger partial charge on any atom is -0.348 e. The number of amides is 1. The molecule has 0 aliphatic rings. The van der Waals surface area contributed by atoms with Crippen molar-refractivity contribution in [1.29, 1.82) is 0 Å². The first-order valence-electron chi connectivity index (χ1n) is 6.50. The number of aryl methyl sites for hydroxylation is 3. The Morgan fingerprint density at radius 1 is 1.26 bits per heavy atom. The number of H-pyrrole nitrogens is 1. The molecule has 0 aliphatic heterocycles. The van der Waals surface area contributed by atoms with Gasteiger partial charge in [0.05, 0.1) is 11.3 Å². The molecule has 2 rings (SSSR count). The van der Waals surface area contributed by atoms with Gasteiger partial charge in [0.1, 0.15) is 0 Å². The number of aromatic amines is 1. The van der Waals surface area contributed by atoms with Crippen molar-refractivity contribution in [3.05, 3.63) is 52.3 Å². The van der Waals surface area contributed by atoms with E-state index in [9.17, 15) is 4.79 Å². The summed E-state index contributed by atoms with van der Waals surface area (Å²) in [5.74, 6) is -0.0744. The van der Waals surface area contributed by atoms with Crippen LogP contribution in [-0.2, 0) is 13.0 Å². The maximum absolute atomic E-state index is 12.1. The van der Waals surface area contributed by atoms with Crippen LogP contribution in [0, 0.1) is 13.8 Å². The number of nitrogens with zero attached hydrogens (tertiary/aromatic N) is 1. The van der Waals surface area contributed by atoms with Crippen molar-refractivity contribution >= 4 is 5.91 Å². The highest BCUT2D eigenvalue weighted by atomic mass is 16.1. The van der Waals surface area contributed by atoms with Gasteiger partial charge in [0.15, 0.2) is 0 Å². The molecule has 0 radical (unpaired) electrons. The molecule has 2 N–H and O–H groups in total. The molecule has 100 valence electrons. The van der Waals surface area contributed by atoms with Crippen LogP contribution in [0.3, 0.4) is 0 Å². The maximum Gasteiger partial charge on any atom is 0.255 e. The smallest absolute Gasteiger partial charge is 0.255 e. The van der Waals surface area contributed by atoms with Gasteiger partial charge in [0.25, 0.3) is 5.91 Å². The average molecular weight is 257 g/mol. The highest BCUT2D eigenvalue weighted by Gasteiger charge is 2.14. The Hall–Kier alpha value is -2.10. The summed E-state index contributed by atoms with van der Waals surface area (Å²) in [4.78, 5) is 12.1. The Labute approximate surface area is 113 Å². The van der Waals surface area contributed by atoms with Crippen LogP contribution in [0.2, 0.25) is 0 Å². The normalized spacial score (nSPS) is 10.5. The van der Waals surface area contributed by atoms with Gasteiger partial charge in [-0.2, -0.15) is 5.10 Å². The Morgan fingerprint density at radius 2 is 1.95 bits per heavy atom. The van der Waals surface area contributed by atoms with Crippen molar-refractivity contribution in [2.75, 3.05) is 0 Å². The van der Waals surface area contributed by atoms with Gasteiger partial charge in [0.2, 0.25) is 0 Å². The second kappa shape index (κ2) is 5.69. The van der Waals surface area contributed by atoms with Crippen molar-refractivity contribution in [3.63, 3.8) is 0 Å². The summed E-state index contributed by atoms with van der Waals surface area (Å²) in [5, 5.41) is 9.83. The van der Waals surface area contributed by atoms with Crippen LogP contribution in [0.1, 0.15) is 39.8 Å². The number of rotatable bonds is 4. The van der Waals surface area contributed by atoms with Crippen LogP contribution in [0.25, 0.3) is 0 Å². The van der Waals surface area contributed by atoms with E-state index in [-0.39, 0.29) is 5.91 Å². The van der Waals surface area contributed by atoms with E-state index < -0.39 is 0 Å². The molecule has 19 heavy (non-hydrogen) atoms. The lowest BCUT2D eigenvalue weighted by atomic mass is 10.1. The molecule has 1 heterocycles. The van der Waals surface area contributed by atoms with E-state index in [0.717, 1.165) is 23.4 Å². The molecule has 0 bridgehead atoms. The topological polar surface area (TPSA) is 57.8 Å². The molecule has 1 aromatic heterocycles. The zero-order chi connectivity index (χ0) is 13.8. The van der Waals surface area contributed by atoms with Crippen LogP contribution in [-0.4, -0.2) is 16.1 Å². The van der Waals surface area contributed by atoms with Crippen LogP contribution in [0.4, 0.5) is 0 Å². The minimum atomic E-state index is -0.0744. The fourth-order valence-corrected chi connectivity index (χ4v) is 2.22. The molecule has 2 aromatic rings. The molecule has 0 aliphatic carbocycles. The number of carbonyl (C=O) groups is 1. The lowest BCUT2D eigenvalue weighted by Crippen LogP contribution is -2.24. The van der Waals surface area contributed by atoms with E-state index in [4.69, 9.17) is 0 Å². The van der Waals surface area contributed by atoms with Gasteiger partial charge < -0.3 is 5.32 Å². The van der Waals surface area contributed by atoms with Gasteiger partial charge >= 0.3 is 0 Å². The summed E-state index contributed by atoms with van der Waals surface area (Å²) >= 11 is 0. The summed E-state index contributed by atoms with van der Waals surface area (Å²) in [6.07, 6.45) is 0.968. The number of hydrogen-bond acceptors (Lipinski definition) is 2. The number of benzene rings is 1. The first-order valence-corrected chi connectivity index (χ1v) is 6.50. The van der Waals surface area contributed by atoms with Crippen LogP contribution >= 0.6 is 0 Å². The van der Waals surface area contributed by atoms with Crippen molar-refractivity contribution in [1.82, 2.24) is 15.5 Å². The lowest BCUT2D eigenvalue weighted by molar-refractivity contribution is 0.0949. The first kappa shape index (κ1) is 13.3. The average Bonchev–Trinajstić information content (AvgIpc) is 2.76. The van der Waals surface area contributed by atoms with Gasteiger partial charge in [0, 0.05) is 12.2 Å². The Morgan fingerprint density at radius 3 is 2.53 bits per heavy atom. The number of nitrogens with one attached hydrogen (secondary N) is 2. The molecule has 1 aromatic carbocycles. The van der Waals surface area contributed by atoms with Crippen molar-refractivity contribution in [2.45, 2.75) is 33.7 Å². The second-order valence-corrected chi connectivity index (χ2v) is 4.61. The SMILES string of the molecule is CCc1ccccc1CNC(=O)c1c(C)n[nH]c1C. The quantitative estimate of drug-likeness (QED) is 0.884. The van der Waals surface area contributed by atoms with E-state index in [0.29, 0.717) is 12.1 Å². The van der Waals surface area contributed by atoms with E-state index >= 15 is 0 Å². The van der Waals surface area contributed by atoms with Crippen molar-refractivity contribution in [3.8, 4) is 0 Å². The molecule has 0 unspecified atom stereocenters. The molecular weight excluding hydrogens is 238 g/mol. The predicted octanol–water partition coefficient (Wildman–Crippen LogP) is 2.52. The monoisotopic (exact) mass is 257 g/mol. The Balaban J connectivity index is 2.09. The lowest BCUT2D eigenvalue weighted by Gasteiger charge is -2.09. The molecule has 0 fully saturated rings. The van der Waals surface area contributed by atoms with Crippen LogP contribution in [0.15, 0.2) is 24.3 Å². The maximum atomic E-state index is 12.1. The summed E-state index contributed by atoms with van der Waals surface area (Å²) in [6, 6.07) is 8.16. The summed E-state index contributed by atoms with van der Waals surface area (Å²) in [5.41, 5.74) is 4.62. The van der Waals surface area contributed by atoms with E-state index in [1.54, 1.807) is 0 Å². The van der Waals surface area contributed by atoms with Crippen LogP contribution in [0.5, 0.6) is 0 Å². The largest absolute Gasteiger partial charge is 0.348 e. The third-order valence-corrected chi connectivity index (χ3v) is 3.29. The summed E-state index contributed by atoms with van der Waals surface area (Å²) < 4.78 is 0. The van der Waals surface area contributed by atoms with Gasteiger partial charge in [-0.15, -0.1) is 0 Å². The molecule has 4 nitrogen and oxygen atoms in total. The van der Waals surface area contributed by atoms with Gasteiger partial charge in [-0.1, -0.05) is 31.2 Å². The van der Waals surface area contributed by atoms with E-state index in [1.807, 2.05) is 32.0 Å². The second-order valence-electron chi connectivity index (χ2n) is 4.61. The molecule has 0 atom stereocenters. The Bertz CT molecular complexity index is 567. The fraction of sp³-hybridized carbons (Fsp3) is 0.333. The summed E-state index contributed by atoms with van der Waals surface area (Å²) in [7, 11) is 0.